The van der Waals surface area contributed by atoms with E-state index in [9.17, 15) is 14.4 Å². The number of carbonyl (C=O) groups excluding carboxylic acids is 3. The number of nitrogens with one attached hydrogen (secondary N) is 1. The highest BCUT2D eigenvalue weighted by molar-refractivity contribution is 7.12. The van der Waals surface area contributed by atoms with Crippen molar-refractivity contribution in [2.24, 2.45) is 0 Å². The molecule has 3 aromatic heterocycles. The molecule has 8 heteroatoms. The third-order valence-corrected chi connectivity index (χ3v) is 5.33. The summed E-state index contributed by atoms with van der Waals surface area (Å²) < 4.78 is 10.4. The van der Waals surface area contributed by atoms with Crippen LogP contribution in [0.15, 0.2) is 40.3 Å². The monoisotopic (exact) mass is 414 g/mol. The lowest BCUT2D eigenvalue weighted by atomic mass is 10.0. The molecule has 3 heterocycles. The van der Waals surface area contributed by atoms with Crippen molar-refractivity contribution in [2.45, 2.75) is 27.3 Å². The molecule has 3 aromatic rings. The summed E-state index contributed by atoms with van der Waals surface area (Å²) in [6.45, 7) is 5.41. The van der Waals surface area contributed by atoms with Gasteiger partial charge in [0.15, 0.2) is 5.78 Å². The first-order valence-corrected chi connectivity index (χ1v) is 10.0. The van der Waals surface area contributed by atoms with Crippen molar-refractivity contribution in [2.75, 3.05) is 13.2 Å². The number of furan rings is 1. The molecule has 0 aromatic carbocycles. The standard InChI is InChI=1S/C21H22N2O5S/c1-4-27-21(26)19-13(2)18(14(3)22-19)16(24)12-23(11-15-7-5-9-28-15)20(25)17-8-6-10-29-17/h5-10,22H,4,11-12H2,1-3H3. The van der Waals surface area contributed by atoms with Crippen LogP contribution < -0.4 is 0 Å². The van der Waals surface area contributed by atoms with Crippen LogP contribution in [0.5, 0.6) is 0 Å². The van der Waals surface area contributed by atoms with Crippen molar-refractivity contribution in [3.8, 4) is 0 Å². The Hall–Kier alpha value is -3.13. The molecule has 0 fully saturated rings. The minimum Gasteiger partial charge on any atom is -0.467 e. The molecule has 0 atom stereocenters. The molecule has 0 spiro atoms. The molecule has 29 heavy (non-hydrogen) atoms. The Bertz CT molecular complexity index is 1000. The van der Waals surface area contributed by atoms with Crippen LogP contribution in [-0.2, 0) is 11.3 Å². The third-order valence-electron chi connectivity index (χ3n) is 4.48. The largest absolute Gasteiger partial charge is 0.467 e. The minimum atomic E-state index is -0.505. The van der Waals surface area contributed by atoms with Gasteiger partial charge in [-0.25, -0.2) is 4.79 Å². The lowest BCUT2D eigenvalue weighted by molar-refractivity contribution is 0.0519. The van der Waals surface area contributed by atoms with Gasteiger partial charge in [0.25, 0.3) is 5.91 Å². The number of aryl methyl sites for hydroxylation is 1. The number of Topliss-reactive ketones (excluding diaryl/α,β-unsaturated/α-hetero) is 1. The van der Waals surface area contributed by atoms with Gasteiger partial charge in [-0.05, 0) is 49.9 Å². The summed E-state index contributed by atoms with van der Waals surface area (Å²) in [6, 6.07) is 7.00. The zero-order valence-electron chi connectivity index (χ0n) is 16.5. The second-order valence-electron chi connectivity index (χ2n) is 6.49. The van der Waals surface area contributed by atoms with Crippen LogP contribution in [0.4, 0.5) is 0 Å². The van der Waals surface area contributed by atoms with E-state index in [2.05, 4.69) is 4.98 Å². The lowest BCUT2D eigenvalue weighted by Gasteiger charge is -2.20. The first-order chi connectivity index (χ1) is 13.9. The smallest absolute Gasteiger partial charge is 0.355 e. The number of aromatic amines is 1. The molecule has 152 valence electrons. The zero-order chi connectivity index (χ0) is 21.0. The predicted molar refractivity (Wildman–Crippen MR) is 108 cm³/mol. The van der Waals surface area contributed by atoms with Gasteiger partial charge in [0.05, 0.1) is 30.8 Å². The number of carbonyl (C=O) groups is 3. The fourth-order valence-corrected chi connectivity index (χ4v) is 3.87. The van der Waals surface area contributed by atoms with E-state index in [1.54, 1.807) is 45.0 Å². The number of hydrogen-bond donors (Lipinski definition) is 1. The summed E-state index contributed by atoms with van der Waals surface area (Å²) >= 11 is 1.31. The van der Waals surface area contributed by atoms with Crippen LogP contribution in [-0.4, -0.2) is 40.7 Å². The van der Waals surface area contributed by atoms with Crippen LogP contribution in [0.1, 0.15) is 54.5 Å². The number of H-pyrrole nitrogens is 1. The Morgan fingerprint density at radius 1 is 1.21 bits per heavy atom. The highest BCUT2D eigenvalue weighted by Gasteiger charge is 2.27. The van der Waals surface area contributed by atoms with Gasteiger partial charge in [-0.3, -0.25) is 9.59 Å². The average Bonchev–Trinajstić information content (AvgIpc) is 3.43. The number of esters is 1. The predicted octanol–water partition coefficient (Wildman–Crippen LogP) is 3.99. The topological polar surface area (TPSA) is 92.6 Å². The molecular weight excluding hydrogens is 392 g/mol. The Kier molecular flexibility index (Phi) is 6.33. The van der Waals surface area contributed by atoms with Gasteiger partial charge >= 0.3 is 5.97 Å². The zero-order valence-corrected chi connectivity index (χ0v) is 17.3. The first kappa shape index (κ1) is 20.6. The molecule has 0 unspecified atom stereocenters. The molecule has 1 amide bonds. The van der Waals surface area contributed by atoms with Crippen LogP contribution >= 0.6 is 11.3 Å². The van der Waals surface area contributed by atoms with Crippen molar-refractivity contribution >= 4 is 29.0 Å². The molecule has 0 radical (unpaired) electrons. The molecule has 0 saturated carbocycles. The fourth-order valence-electron chi connectivity index (χ4n) is 3.17. The summed E-state index contributed by atoms with van der Waals surface area (Å²) in [6.07, 6.45) is 1.52. The van der Waals surface area contributed by atoms with Gasteiger partial charge in [-0.2, -0.15) is 0 Å². The number of hydrogen-bond acceptors (Lipinski definition) is 6. The number of amides is 1. The van der Waals surface area contributed by atoms with Crippen molar-refractivity contribution in [3.05, 3.63) is 69.1 Å². The van der Waals surface area contributed by atoms with E-state index in [1.807, 2.05) is 5.38 Å². The Morgan fingerprint density at radius 3 is 2.62 bits per heavy atom. The molecule has 0 aliphatic rings. The number of nitrogens with zero attached hydrogens (tertiary/aromatic N) is 1. The van der Waals surface area contributed by atoms with Crippen LogP contribution in [0.3, 0.4) is 0 Å². The Labute approximate surface area is 172 Å². The second kappa shape index (κ2) is 8.91. The van der Waals surface area contributed by atoms with E-state index < -0.39 is 5.97 Å². The number of rotatable bonds is 8. The SMILES string of the molecule is CCOC(=O)c1[nH]c(C)c(C(=O)CN(Cc2ccco2)C(=O)c2cccs2)c1C. The summed E-state index contributed by atoms with van der Waals surface area (Å²) in [5.41, 5.74) is 1.75. The van der Waals surface area contributed by atoms with Crippen molar-refractivity contribution in [1.29, 1.82) is 0 Å². The molecule has 0 aliphatic carbocycles. The Morgan fingerprint density at radius 2 is 2.00 bits per heavy atom. The average molecular weight is 414 g/mol. The van der Waals surface area contributed by atoms with E-state index in [0.29, 0.717) is 27.5 Å². The van der Waals surface area contributed by atoms with Crippen molar-refractivity contribution in [3.63, 3.8) is 0 Å². The highest BCUT2D eigenvalue weighted by atomic mass is 32.1. The van der Waals surface area contributed by atoms with Crippen LogP contribution in [0, 0.1) is 13.8 Å². The minimum absolute atomic E-state index is 0.140. The number of thiophene rings is 1. The van der Waals surface area contributed by atoms with Crippen molar-refractivity contribution in [1.82, 2.24) is 9.88 Å². The number of ether oxygens (including phenoxy) is 1. The number of ketones is 1. The highest BCUT2D eigenvalue weighted by Crippen LogP contribution is 2.21. The van der Waals surface area contributed by atoms with Gasteiger partial charge < -0.3 is 19.0 Å². The van der Waals surface area contributed by atoms with E-state index in [4.69, 9.17) is 9.15 Å². The molecule has 0 bridgehead atoms. The Balaban J connectivity index is 1.86. The summed E-state index contributed by atoms with van der Waals surface area (Å²) in [7, 11) is 0. The van der Waals surface area contributed by atoms with Gasteiger partial charge in [0.1, 0.15) is 11.5 Å². The van der Waals surface area contributed by atoms with E-state index >= 15 is 0 Å². The summed E-state index contributed by atoms with van der Waals surface area (Å²) in [5.74, 6) is -0.434. The van der Waals surface area contributed by atoms with Gasteiger partial charge in [-0.1, -0.05) is 6.07 Å². The third kappa shape index (κ3) is 4.48. The second-order valence-corrected chi connectivity index (χ2v) is 7.43. The molecule has 1 N–H and O–H groups in total. The van der Waals surface area contributed by atoms with Gasteiger partial charge in [-0.15, -0.1) is 11.3 Å². The maximum atomic E-state index is 13.1. The fraction of sp³-hybridized carbons (Fsp3) is 0.286. The number of aromatic nitrogens is 1. The summed E-state index contributed by atoms with van der Waals surface area (Å²) in [4.78, 5) is 43.1. The van der Waals surface area contributed by atoms with Crippen LogP contribution in [0.25, 0.3) is 0 Å². The van der Waals surface area contributed by atoms with Gasteiger partial charge in [0, 0.05) is 11.3 Å². The molecule has 0 saturated heterocycles. The molecule has 7 nitrogen and oxygen atoms in total. The van der Waals surface area contributed by atoms with Gasteiger partial charge in [0.2, 0.25) is 0 Å². The molecule has 3 rings (SSSR count). The van der Waals surface area contributed by atoms with E-state index in [1.165, 1.54) is 22.5 Å². The summed E-state index contributed by atoms with van der Waals surface area (Å²) in [5, 5.41) is 1.81. The molecular formula is C21H22N2O5S. The first-order valence-electron chi connectivity index (χ1n) is 9.17. The lowest BCUT2D eigenvalue weighted by Crippen LogP contribution is -2.35. The van der Waals surface area contributed by atoms with Crippen molar-refractivity contribution < 1.29 is 23.5 Å². The molecule has 0 aliphatic heterocycles. The normalized spacial score (nSPS) is 10.7. The van der Waals surface area contributed by atoms with E-state index in [-0.39, 0.29) is 37.1 Å². The maximum absolute atomic E-state index is 13.1. The maximum Gasteiger partial charge on any atom is 0.355 e. The van der Waals surface area contributed by atoms with Crippen LogP contribution in [0.2, 0.25) is 0 Å². The quantitative estimate of drug-likeness (QED) is 0.444. The van der Waals surface area contributed by atoms with E-state index in [0.717, 1.165) is 0 Å².